The molecule has 0 radical (unpaired) electrons. The quantitative estimate of drug-likeness (QED) is 0.675. The molecule has 0 N–H and O–H groups in total. The molecule has 0 spiro atoms. The van der Waals surface area contributed by atoms with E-state index in [4.69, 9.17) is 4.74 Å². The molecule has 1 aromatic heterocycles. The predicted molar refractivity (Wildman–Crippen MR) is 51.0 cm³/mol. The zero-order valence-corrected chi connectivity index (χ0v) is 8.24. The predicted octanol–water partition coefficient (Wildman–Crippen LogP) is 2.82. The van der Waals surface area contributed by atoms with Crippen molar-refractivity contribution in [2.24, 2.45) is 0 Å². The number of ether oxygens (including phenoxy) is 1. The molecule has 0 saturated carbocycles. The van der Waals surface area contributed by atoms with E-state index < -0.39 is 0 Å². The van der Waals surface area contributed by atoms with E-state index in [1.165, 1.54) is 0 Å². The molecular weight excluding hydrogens is 150 g/mol. The Morgan fingerprint density at radius 2 is 1.75 bits per heavy atom. The Morgan fingerprint density at radius 1 is 1.25 bits per heavy atom. The van der Waals surface area contributed by atoms with Crippen LogP contribution < -0.4 is 0 Å². The summed E-state index contributed by atoms with van der Waals surface area (Å²) in [5.41, 5.74) is 1.16. The van der Waals surface area contributed by atoms with Gasteiger partial charge in [-0.05, 0) is 24.6 Å². The molecule has 0 amide bonds. The van der Waals surface area contributed by atoms with Crippen LogP contribution in [0.3, 0.4) is 0 Å². The van der Waals surface area contributed by atoms with Crippen molar-refractivity contribution in [2.75, 3.05) is 7.11 Å². The van der Waals surface area contributed by atoms with Crippen LogP contribution in [0.4, 0.5) is 0 Å². The van der Waals surface area contributed by atoms with Crippen LogP contribution >= 0.6 is 0 Å². The molecule has 12 heavy (non-hydrogen) atoms. The molecule has 2 heteroatoms. The molecule has 0 aliphatic carbocycles. The van der Waals surface area contributed by atoms with Gasteiger partial charge in [-0.15, -0.1) is 0 Å². The van der Waals surface area contributed by atoms with Crippen molar-refractivity contribution in [3.8, 4) is 0 Å². The van der Waals surface area contributed by atoms with Gasteiger partial charge in [0.2, 0.25) is 0 Å². The molecule has 0 fully saturated rings. The first-order valence-electron chi connectivity index (χ1n) is 4.27. The van der Waals surface area contributed by atoms with Gasteiger partial charge in [-0.1, -0.05) is 13.8 Å². The van der Waals surface area contributed by atoms with Crippen LogP contribution in [-0.4, -0.2) is 12.1 Å². The zero-order chi connectivity index (χ0) is 9.40. The second kappa shape index (κ2) is 6.80. The van der Waals surface area contributed by atoms with E-state index in [0.717, 1.165) is 5.56 Å². The molecule has 1 aromatic rings. The lowest BCUT2D eigenvalue weighted by atomic mass is 10.2. The Balaban J connectivity index is 0.000000561. The zero-order valence-electron chi connectivity index (χ0n) is 8.24. The summed E-state index contributed by atoms with van der Waals surface area (Å²) in [6.45, 7) is 6.01. The molecule has 1 heterocycles. The Bertz CT molecular complexity index is 186. The normalized spacial score (nSPS) is 11.3. The molecular formula is C10H17NO. The average molecular weight is 167 g/mol. The Labute approximate surface area is 74.6 Å². The summed E-state index contributed by atoms with van der Waals surface area (Å²) in [5, 5.41) is 0. The highest BCUT2D eigenvalue weighted by Crippen LogP contribution is 2.12. The Hall–Kier alpha value is -0.890. The third-order valence-corrected chi connectivity index (χ3v) is 1.53. The number of nitrogens with zero attached hydrogens (tertiary/aromatic N) is 1. The van der Waals surface area contributed by atoms with Crippen LogP contribution in [0.15, 0.2) is 24.5 Å². The molecule has 68 valence electrons. The van der Waals surface area contributed by atoms with Crippen molar-refractivity contribution in [2.45, 2.75) is 26.9 Å². The van der Waals surface area contributed by atoms with Crippen LogP contribution in [-0.2, 0) is 4.74 Å². The van der Waals surface area contributed by atoms with E-state index >= 15 is 0 Å². The molecule has 0 aliphatic heterocycles. The van der Waals surface area contributed by atoms with Gasteiger partial charge in [-0.2, -0.15) is 0 Å². The molecule has 0 saturated heterocycles. The summed E-state index contributed by atoms with van der Waals surface area (Å²) in [6.07, 6.45) is 3.71. The van der Waals surface area contributed by atoms with Crippen LogP contribution in [0.2, 0.25) is 0 Å². The molecule has 2 nitrogen and oxygen atoms in total. The van der Waals surface area contributed by atoms with Crippen molar-refractivity contribution in [3.05, 3.63) is 30.1 Å². The maximum atomic E-state index is 5.11. The maximum absolute atomic E-state index is 5.11. The van der Waals surface area contributed by atoms with Crippen molar-refractivity contribution >= 4 is 0 Å². The van der Waals surface area contributed by atoms with E-state index in [9.17, 15) is 0 Å². The first kappa shape index (κ1) is 11.1. The number of pyridine rings is 1. The second-order valence-electron chi connectivity index (χ2n) is 2.16. The minimum Gasteiger partial charge on any atom is -0.377 e. The summed E-state index contributed by atoms with van der Waals surface area (Å²) in [6, 6.07) is 3.91. The summed E-state index contributed by atoms with van der Waals surface area (Å²) in [4.78, 5) is 3.91. The molecule has 0 bridgehead atoms. The third-order valence-electron chi connectivity index (χ3n) is 1.53. The van der Waals surface area contributed by atoms with E-state index in [1.807, 2.05) is 32.9 Å². The van der Waals surface area contributed by atoms with Crippen molar-refractivity contribution in [3.63, 3.8) is 0 Å². The lowest BCUT2D eigenvalue weighted by Gasteiger charge is -2.07. The average Bonchev–Trinajstić information content (AvgIpc) is 2.21. The van der Waals surface area contributed by atoms with Gasteiger partial charge in [-0.3, -0.25) is 4.98 Å². The highest BCUT2D eigenvalue weighted by atomic mass is 16.5. The van der Waals surface area contributed by atoms with Gasteiger partial charge in [0.25, 0.3) is 0 Å². The number of aromatic nitrogens is 1. The van der Waals surface area contributed by atoms with Crippen molar-refractivity contribution in [1.82, 2.24) is 4.98 Å². The van der Waals surface area contributed by atoms with E-state index in [0.29, 0.717) is 0 Å². The number of methoxy groups -OCH3 is 1. The topological polar surface area (TPSA) is 22.1 Å². The third kappa shape index (κ3) is 3.49. The maximum Gasteiger partial charge on any atom is 0.0794 e. The van der Waals surface area contributed by atoms with Crippen molar-refractivity contribution < 1.29 is 4.74 Å². The minimum absolute atomic E-state index is 0.169. The summed E-state index contributed by atoms with van der Waals surface area (Å²) in [5.74, 6) is 0. The van der Waals surface area contributed by atoms with Crippen LogP contribution in [0.5, 0.6) is 0 Å². The standard InChI is InChI=1S/C8H11NO.C2H6/c1-7(10-2)8-3-5-9-6-4-8;1-2/h3-7H,1-2H3;1-2H3. The van der Waals surface area contributed by atoms with Crippen LogP contribution in [0.25, 0.3) is 0 Å². The Kier molecular flexibility index (Phi) is 6.29. The van der Waals surface area contributed by atoms with Gasteiger partial charge in [-0.25, -0.2) is 0 Å². The van der Waals surface area contributed by atoms with Gasteiger partial charge in [0, 0.05) is 19.5 Å². The van der Waals surface area contributed by atoms with Gasteiger partial charge in [0.1, 0.15) is 0 Å². The fraction of sp³-hybridized carbons (Fsp3) is 0.500. The van der Waals surface area contributed by atoms with Crippen molar-refractivity contribution in [1.29, 1.82) is 0 Å². The van der Waals surface area contributed by atoms with Crippen LogP contribution in [0.1, 0.15) is 32.4 Å². The SMILES string of the molecule is CC.COC(C)c1ccncc1. The number of hydrogen-bond donors (Lipinski definition) is 0. The molecule has 1 rings (SSSR count). The fourth-order valence-electron chi connectivity index (χ4n) is 0.771. The van der Waals surface area contributed by atoms with E-state index in [-0.39, 0.29) is 6.10 Å². The molecule has 1 atom stereocenters. The highest BCUT2D eigenvalue weighted by molar-refractivity contribution is 5.12. The van der Waals surface area contributed by atoms with Gasteiger partial charge < -0.3 is 4.74 Å². The lowest BCUT2D eigenvalue weighted by Crippen LogP contribution is -1.94. The smallest absolute Gasteiger partial charge is 0.0794 e. The fourth-order valence-corrected chi connectivity index (χ4v) is 0.771. The Morgan fingerprint density at radius 3 is 2.17 bits per heavy atom. The lowest BCUT2D eigenvalue weighted by molar-refractivity contribution is 0.119. The monoisotopic (exact) mass is 167 g/mol. The first-order valence-corrected chi connectivity index (χ1v) is 4.27. The largest absolute Gasteiger partial charge is 0.377 e. The summed E-state index contributed by atoms with van der Waals surface area (Å²) < 4.78 is 5.11. The van der Waals surface area contributed by atoms with Gasteiger partial charge in [0.15, 0.2) is 0 Å². The summed E-state index contributed by atoms with van der Waals surface area (Å²) >= 11 is 0. The van der Waals surface area contributed by atoms with E-state index in [2.05, 4.69) is 4.98 Å². The van der Waals surface area contributed by atoms with Gasteiger partial charge in [0.05, 0.1) is 6.10 Å². The minimum atomic E-state index is 0.169. The number of rotatable bonds is 2. The van der Waals surface area contributed by atoms with Gasteiger partial charge >= 0.3 is 0 Å². The molecule has 1 unspecified atom stereocenters. The highest BCUT2D eigenvalue weighted by Gasteiger charge is 1.99. The van der Waals surface area contributed by atoms with Crippen LogP contribution in [0, 0.1) is 0 Å². The molecule has 0 aromatic carbocycles. The second-order valence-corrected chi connectivity index (χ2v) is 2.16. The summed E-state index contributed by atoms with van der Waals surface area (Å²) in [7, 11) is 1.70. The first-order chi connectivity index (χ1) is 5.84. The number of hydrogen-bond acceptors (Lipinski definition) is 2. The molecule has 0 aliphatic rings. The van der Waals surface area contributed by atoms with E-state index in [1.54, 1.807) is 19.5 Å².